The minimum atomic E-state index is -0.797. The summed E-state index contributed by atoms with van der Waals surface area (Å²) in [4.78, 5) is 28.0. The summed E-state index contributed by atoms with van der Waals surface area (Å²) in [5, 5.41) is 21.1. The Labute approximate surface area is 126 Å². The highest BCUT2D eigenvalue weighted by Gasteiger charge is 2.29. The van der Waals surface area contributed by atoms with Crippen molar-refractivity contribution in [3.05, 3.63) is 40.6 Å². The summed E-state index contributed by atoms with van der Waals surface area (Å²) in [6.45, 7) is 0.984. The van der Waals surface area contributed by atoms with Gasteiger partial charge in [0.1, 0.15) is 11.9 Å². The predicted molar refractivity (Wildman–Crippen MR) is 81.0 cm³/mol. The Balaban J connectivity index is 2.03. The highest BCUT2D eigenvalue weighted by Crippen LogP contribution is 2.36. The van der Waals surface area contributed by atoms with Crippen molar-refractivity contribution in [3.63, 3.8) is 0 Å². The average Bonchev–Trinajstić information content (AvgIpc) is 2.53. The standard InChI is InChI=1S/C15H15N3O4/c19-15(20)10-5-7-17(8-6-10)14-11-3-1-2-4-12(11)16-9-13(14)18(21)22/h1-4,9-10H,5-8H2,(H,19,20). The highest BCUT2D eigenvalue weighted by atomic mass is 16.6. The molecular weight excluding hydrogens is 286 g/mol. The van der Waals surface area contributed by atoms with Gasteiger partial charge in [-0.3, -0.25) is 14.9 Å². The second kappa shape index (κ2) is 5.59. The number of rotatable bonds is 3. The normalized spacial score (nSPS) is 15.9. The van der Waals surface area contributed by atoms with Gasteiger partial charge in [-0.2, -0.15) is 0 Å². The zero-order valence-electron chi connectivity index (χ0n) is 11.8. The van der Waals surface area contributed by atoms with E-state index in [1.54, 1.807) is 0 Å². The number of hydrogen-bond donors (Lipinski definition) is 1. The molecule has 0 saturated carbocycles. The third-order valence-corrected chi connectivity index (χ3v) is 4.08. The number of benzene rings is 1. The Morgan fingerprint density at radius 1 is 1.32 bits per heavy atom. The molecule has 0 amide bonds. The summed E-state index contributed by atoms with van der Waals surface area (Å²) in [5.41, 5.74) is 1.20. The van der Waals surface area contributed by atoms with Crippen molar-refractivity contribution in [2.45, 2.75) is 12.8 Å². The van der Waals surface area contributed by atoms with Crippen LogP contribution in [0.25, 0.3) is 10.9 Å². The monoisotopic (exact) mass is 301 g/mol. The molecule has 0 bridgehead atoms. The number of fused-ring (bicyclic) bond motifs is 1. The average molecular weight is 301 g/mol. The van der Waals surface area contributed by atoms with Crippen molar-refractivity contribution < 1.29 is 14.8 Å². The Morgan fingerprint density at radius 2 is 2.00 bits per heavy atom. The van der Waals surface area contributed by atoms with Gasteiger partial charge in [0.15, 0.2) is 0 Å². The van der Waals surface area contributed by atoms with E-state index in [1.807, 2.05) is 29.2 Å². The number of nitro groups is 1. The Morgan fingerprint density at radius 3 is 2.64 bits per heavy atom. The molecule has 7 heteroatoms. The van der Waals surface area contributed by atoms with E-state index in [4.69, 9.17) is 5.11 Å². The lowest BCUT2D eigenvalue weighted by molar-refractivity contribution is -0.384. The molecule has 1 N–H and O–H groups in total. The summed E-state index contributed by atoms with van der Waals surface area (Å²) in [7, 11) is 0. The summed E-state index contributed by atoms with van der Waals surface area (Å²) in [6, 6.07) is 7.28. The lowest BCUT2D eigenvalue weighted by Crippen LogP contribution is -2.36. The van der Waals surface area contributed by atoms with Crippen LogP contribution in [0.4, 0.5) is 11.4 Å². The first-order chi connectivity index (χ1) is 10.6. The SMILES string of the molecule is O=C(O)C1CCN(c2c([N+](=O)[O-])cnc3ccccc23)CC1. The van der Waals surface area contributed by atoms with Crippen molar-refractivity contribution in [1.29, 1.82) is 0 Å². The molecule has 0 spiro atoms. The van der Waals surface area contributed by atoms with Crippen molar-refractivity contribution in [2.24, 2.45) is 5.92 Å². The van der Waals surface area contributed by atoms with E-state index >= 15 is 0 Å². The number of nitrogens with zero attached hydrogens (tertiary/aromatic N) is 3. The molecule has 1 saturated heterocycles. The second-order valence-corrected chi connectivity index (χ2v) is 5.37. The quantitative estimate of drug-likeness (QED) is 0.691. The minimum absolute atomic E-state index is 0.0347. The fourth-order valence-corrected chi connectivity index (χ4v) is 2.93. The number of carboxylic acids is 1. The first kappa shape index (κ1) is 14.2. The van der Waals surface area contributed by atoms with Gasteiger partial charge in [-0.1, -0.05) is 18.2 Å². The molecule has 1 aromatic carbocycles. The first-order valence-electron chi connectivity index (χ1n) is 7.08. The minimum Gasteiger partial charge on any atom is -0.481 e. The molecule has 7 nitrogen and oxygen atoms in total. The van der Waals surface area contributed by atoms with Crippen LogP contribution in [-0.2, 0) is 4.79 Å². The van der Waals surface area contributed by atoms with Crippen LogP contribution >= 0.6 is 0 Å². The number of carboxylic acid groups (broad SMARTS) is 1. The molecule has 1 aliphatic rings. The van der Waals surface area contributed by atoms with Crippen LogP contribution in [0.15, 0.2) is 30.5 Å². The van der Waals surface area contributed by atoms with Crippen LogP contribution in [0.1, 0.15) is 12.8 Å². The van der Waals surface area contributed by atoms with E-state index in [1.165, 1.54) is 6.20 Å². The predicted octanol–water partition coefficient (Wildman–Crippen LogP) is 2.44. The number of pyridine rings is 1. The fourth-order valence-electron chi connectivity index (χ4n) is 2.93. The van der Waals surface area contributed by atoms with Gasteiger partial charge in [-0.15, -0.1) is 0 Å². The third kappa shape index (κ3) is 2.45. The molecule has 0 atom stereocenters. The molecule has 3 rings (SSSR count). The maximum Gasteiger partial charge on any atom is 0.311 e. The summed E-state index contributed by atoms with van der Waals surface area (Å²) < 4.78 is 0. The second-order valence-electron chi connectivity index (χ2n) is 5.37. The van der Waals surface area contributed by atoms with Crippen molar-refractivity contribution in [1.82, 2.24) is 4.98 Å². The Hall–Kier alpha value is -2.70. The third-order valence-electron chi connectivity index (χ3n) is 4.08. The molecule has 0 unspecified atom stereocenters. The van der Waals surface area contributed by atoms with Crippen molar-refractivity contribution in [3.8, 4) is 0 Å². The molecule has 0 aliphatic carbocycles. The van der Waals surface area contributed by atoms with Crippen LogP contribution in [0.3, 0.4) is 0 Å². The van der Waals surface area contributed by atoms with Crippen LogP contribution < -0.4 is 4.90 Å². The lowest BCUT2D eigenvalue weighted by Gasteiger charge is -2.32. The van der Waals surface area contributed by atoms with Gasteiger partial charge in [-0.25, -0.2) is 4.98 Å². The lowest BCUT2D eigenvalue weighted by atomic mass is 9.96. The van der Waals surface area contributed by atoms with Gasteiger partial charge in [0.2, 0.25) is 0 Å². The molecule has 114 valence electrons. The molecule has 1 aliphatic heterocycles. The van der Waals surface area contributed by atoms with Gasteiger partial charge in [0.05, 0.1) is 16.4 Å². The van der Waals surface area contributed by atoms with E-state index in [9.17, 15) is 14.9 Å². The smallest absolute Gasteiger partial charge is 0.311 e. The summed E-state index contributed by atoms with van der Waals surface area (Å²) in [6.07, 6.45) is 2.26. The van der Waals surface area contributed by atoms with Gasteiger partial charge in [0, 0.05) is 18.5 Å². The number of hydrogen-bond acceptors (Lipinski definition) is 5. The van der Waals surface area contributed by atoms with Crippen LogP contribution in [0, 0.1) is 16.0 Å². The van der Waals surface area contributed by atoms with E-state index in [0.29, 0.717) is 37.1 Å². The van der Waals surface area contributed by atoms with Gasteiger partial charge in [0.25, 0.3) is 0 Å². The Kier molecular flexibility index (Phi) is 3.62. The highest BCUT2D eigenvalue weighted by molar-refractivity contribution is 5.96. The molecule has 1 aromatic heterocycles. The number of anilines is 1. The number of aromatic nitrogens is 1. The van der Waals surface area contributed by atoms with Crippen LogP contribution in [0.2, 0.25) is 0 Å². The van der Waals surface area contributed by atoms with Crippen LogP contribution in [-0.4, -0.2) is 34.1 Å². The van der Waals surface area contributed by atoms with Gasteiger partial charge in [-0.05, 0) is 18.9 Å². The van der Waals surface area contributed by atoms with Crippen LogP contribution in [0.5, 0.6) is 0 Å². The maximum absolute atomic E-state index is 11.3. The van der Waals surface area contributed by atoms with Gasteiger partial charge >= 0.3 is 11.7 Å². The Bertz CT molecular complexity index is 739. The van der Waals surface area contributed by atoms with E-state index in [2.05, 4.69) is 4.98 Å². The molecule has 0 radical (unpaired) electrons. The molecule has 2 aromatic rings. The zero-order chi connectivity index (χ0) is 15.7. The molecular formula is C15H15N3O4. The van der Waals surface area contributed by atoms with E-state index < -0.39 is 10.9 Å². The number of piperidine rings is 1. The largest absolute Gasteiger partial charge is 0.481 e. The molecule has 22 heavy (non-hydrogen) atoms. The van der Waals surface area contributed by atoms with Gasteiger partial charge < -0.3 is 10.0 Å². The molecule has 1 fully saturated rings. The van der Waals surface area contributed by atoms with Crippen molar-refractivity contribution >= 4 is 28.2 Å². The maximum atomic E-state index is 11.3. The number of aliphatic carboxylic acids is 1. The first-order valence-corrected chi connectivity index (χ1v) is 7.08. The van der Waals surface area contributed by atoms with E-state index in [0.717, 1.165) is 5.39 Å². The molecule has 2 heterocycles. The fraction of sp³-hybridized carbons (Fsp3) is 0.333. The topological polar surface area (TPSA) is 96.6 Å². The summed E-state index contributed by atoms with van der Waals surface area (Å²) in [5.74, 6) is -1.17. The zero-order valence-corrected chi connectivity index (χ0v) is 11.8. The van der Waals surface area contributed by atoms with E-state index in [-0.39, 0.29) is 11.6 Å². The summed E-state index contributed by atoms with van der Waals surface area (Å²) >= 11 is 0. The van der Waals surface area contributed by atoms with Crippen molar-refractivity contribution in [2.75, 3.05) is 18.0 Å². The number of carbonyl (C=O) groups is 1. The number of para-hydroxylation sites is 1.